The van der Waals surface area contributed by atoms with E-state index in [0.29, 0.717) is 13.1 Å². The van der Waals surface area contributed by atoms with Gasteiger partial charge in [0.15, 0.2) is 0 Å². The van der Waals surface area contributed by atoms with Crippen molar-refractivity contribution in [3.8, 4) is 11.1 Å². The summed E-state index contributed by atoms with van der Waals surface area (Å²) in [5.41, 5.74) is 2.94. The van der Waals surface area contributed by atoms with E-state index >= 15 is 0 Å². The van der Waals surface area contributed by atoms with Crippen LogP contribution >= 0.6 is 11.3 Å². The van der Waals surface area contributed by atoms with Gasteiger partial charge in [0.1, 0.15) is 5.82 Å². The van der Waals surface area contributed by atoms with Gasteiger partial charge in [-0.3, -0.25) is 0 Å². The minimum Gasteiger partial charge on any atom is -0.472 e. The second-order valence-electron chi connectivity index (χ2n) is 4.98. The fourth-order valence-electron chi connectivity index (χ4n) is 2.07. The van der Waals surface area contributed by atoms with Crippen molar-refractivity contribution in [3.63, 3.8) is 0 Å². The van der Waals surface area contributed by atoms with Crippen LogP contribution in [0.1, 0.15) is 10.4 Å². The second kappa shape index (κ2) is 7.11. The van der Waals surface area contributed by atoms with Crippen LogP contribution in [-0.4, -0.2) is 6.03 Å². The Kier molecular flexibility index (Phi) is 4.73. The topological polar surface area (TPSA) is 54.3 Å². The van der Waals surface area contributed by atoms with E-state index in [4.69, 9.17) is 4.42 Å². The Bertz CT molecular complexity index is 766. The van der Waals surface area contributed by atoms with Crippen molar-refractivity contribution in [1.29, 1.82) is 0 Å². The molecule has 2 aromatic heterocycles. The van der Waals surface area contributed by atoms with Crippen molar-refractivity contribution < 1.29 is 13.6 Å². The molecule has 3 aromatic rings. The van der Waals surface area contributed by atoms with Gasteiger partial charge in [-0.25, -0.2) is 9.18 Å². The van der Waals surface area contributed by atoms with Gasteiger partial charge in [-0.05, 0) is 40.8 Å². The van der Waals surface area contributed by atoms with Crippen LogP contribution in [0.4, 0.5) is 9.18 Å². The predicted molar refractivity (Wildman–Crippen MR) is 87.5 cm³/mol. The molecule has 6 heteroatoms. The third-order valence-corrected chi connectivity index (χ3v) is 4.23. The molecule has 0 spiro atoms. The highest BCUT2D eigenvalue weighted by Gasteiger charge is 2.05. The molecule has 0 fully saturated rings. The van der Waals surface area contributed by atoms with Crippen molar-refractivity contribution in [2.45, 2.75) is 13.1 Å². The number of amides is 2. The fraction of sp³-hybridized carbons (Fsp3) is 0.118. The highest BCUT2D eigenvalue weighted by molar-refractivity contribution is 7.10. The molecule has 0 radical (unpaired) electrons. The number of rotatable bonds is 5. The Labute approximate surface area is 137 Å². The molecule has 0 aliphatic heterocycles. The summed E-state index contributed by atoms with van der Waals surface area (Å²) in [6.07, 6.45) is 3.32. The number of hydrogen-bond acceptors (Lipinski definition) is 3. The number of hydrogen-bond donors (Lipinski definition) is 2. The zero-order valence-corrected chi connectivity index (χ0v) is 13.0. The Morgan fingerprint density at radius 3 is 2.61 bits per heavy atom. The third-order valence-electron chi connectivity index (χ3n) is 3.30. The Hall–Kier alpha value is -2.60. The van der Waals surface area contributed by atoms with Crippen LogP contribution in [0.3, 0.4) is 0 Å². The largest absolute Gasteiger partial charge is 0.472 e. The highest BCUT2D eigenvalue weighted by Crippen LogP contribution is 2.25. The molecule has 2 N–H and O–H groups in total. The Balaban J connectivity index is 1.46. The van der Waals surface area contributed by atoms with Crippen LogP contribution < -0.4 is 10.6 Å². The SMILES string of the molecule is O=C(NCc1ccc(F)cc1)NCc1cc(-c2ccoc2)cs1. The van der Waals surface area contributed by atoms with Crippen LogP contribution in [0.2, 0.25) is 0 Å². The lowest BCUT2D eigenvalue weighted by Crippen LogP contribution is -2.34. The Morgan fingerprint density at radius 2 is 1.87 bits per heavy atom. The van der Waals surface area contributed by atoms with Gasteiger partial charge in [0.05, 0.1) is 19.1 Å². The number of halogens is 1. The van der Waals surface area contributed by atoms with Gasteiger partial charge in [-0.1, -0.05) is 12.1 Å². The molecule has 1 aromatic carbocycles. The molecule has 0 aliphatic carbocycles. The minimum atomic E-state index is -0.288. The molecular weight excluding hydrogens is 315 g/mol. The van der Waals surface area contributed by atoms with E-state index in [0.717, 1.165) is 21.6 Å². The van der Waals surface area contributed by atoms with Gasteiger partial charge in [-0.2, -0.15) is 0 Å². The van der Waals surface area contributed by atoms with Gasteiger partial charge in [-0.15, -0.1) is 11.3 Å². The number of furan rings is 1. The predicted octanol–water partition coefficient (Wildman–Crippen LogP) is 4.15. The molecule has 3 rings (SSSR count). The van der Waals surface area contributed by atoms with Gasteiger partial charge in [0, 0.05) is 17.0 Å². The molecule has 0 saturated heterocycles. The smallest absolute Gasteiger partial charge is 0.315 e. The normalized spacial score (nSPS) is 10.5. The quantitative estimate of drug-likeness (QED) is 0.738. The first kappa shape index (κ1) is 15.3. The van der Waals surface area contributed by atoms with Crippen LogP contribution in [0.25, 0.3) is 11.1 Å². The van der Waals surface area contributed by atoms with Gasteiger partial charge >= 0.3 is 6.03 Å². The summed E-state index contributed by atoms with van der Waals surface area (Å²) in [5, 5.41) is 7.57. The lowest BCUT2D eigenvalue weighted by molar-refractivity contribution is 0.240. The summed E-state index contributed by atoms with van der Waals surface area (Å²) in [5.74, 6) is -0.288. The number of thiophene rings is 1. The molecule has 2 heterocycles. The average Bonchev–Trinajstić information content (AvgIpc) is 3.23. The van der Waals surface area contributed by atoms with E-state index in [1.807, 2.05) is 17.5 Å². The van der Waals surface area contributed by atoms with E-state index in [9.17, 15) is 9.18 Å². The van der Waals surface area contributed by atoms with E-state index in [1.165, 1.54) is 12.1 Å². The van der Waals surface area contributed by atoms with E-state index in [2.05, 4.69) is 10.6 Å². The zero-order valence-electron chi connectivity index (χ0n) is 12.2. The molecule has 0 bridgehead atoms. The standard InChI is InChI=1S/C17H15FN2O2S/c18-15-3-1-12(2-4-15)8-19-17(21)20-9-16-7-14(11-23-16)13-5-6-22-10-13/h1-7,10-11H,8-9H2,(H2,19,20,21). The molecule has 118 valence electrons. The van der Waals surface area contributed by atoms with Gasteiger partial charge < -0.3 is 15.1 Å². The molecule has 0 atom stereocenters. The minimum absolute atomic E-state index is 0.257. The van der Waals surface area contributed by atoms with Crippen LogP contribution in [0.5, 0.6) is 0 Å². The maximum atomic E-state index is 12.8. The van der Waals surface area contributed by atoms with Crippen molar-refractivity contribution in [2.75, 3.05) is 0 Å². The highest BCUT2D eigenvalue weighted by atomic mass is 32.1. The summed E-state index contributed by atoms with van der Waals surface area (Å²) < 4.78 is 17.9. The van der Waals surface area contributed by atoms with Gasteiger partial charge in [0.2, 0.25) is 0 Å². The van der Waals surface area contributed by atoms with Crippen LogP contribution in [-0.2, 0) is 13.1 Å². The second-order valence-corrected chi connectivity index (χ2v) is 5.97. The molecule has 0 aliphatic rings. The van der Waals surface area contributed by atoms with Crippen molar-refractivity contribution in [1.82, 2.24) is 10.6 Å². The first-order chi connectivity index (χ1) is 11.2. The summed E-state index contributed by atoms with van der Waals surface area (Å²) in [7, 11) is 0. The number of carbonyl (C=O) groups excluding carboxylic acids is 1. The van der Waals surface area contributed by atoms with Crippen LogP contribution in [0, 0.1) is 5.82 Å². The Morgan fingerprint density at radius 1 is 1.09 bits per heavy atom. The molecule has 4 nitrogen and oxygen atoms in total. The number of urea groups is 1. The van der Waals surface area contributed by atoms with E-state index in [-0.39, 0.29) is 11.8 Å². The average molecular weight is 330 g/mol. The molecule has 0 unspecified atom stereocenters. The maximum absolute atomic E-state index is 12.8. The third kappa shape index (κ3) is 4.20. The van der Waals surface area contributed by atoms with Crippen molar-refractivity contribution >= 4 is 17.4 Å². The zero-order chi connectivity index (χ0) is 16.1. The molecule has 2 amide bonds. The molecular formula is C17H15FN2O2S. The fourth-order valence-corrected chi connectivity index (χ4v) is 2.90. The lowest BCUT2D eigenvalue weighted by atomic mass is 10.2. The monoisotopic (exact) mass is 330 g/mol. The molecule has 0 saturated carbocycles. The molecule has 23 heavy (non-hydrogen) atoms. The maximum Gasteiger partial charge on any atom is 0.315 e. The summed E-state index contributed by atoms with van der Waals surface area (Å²) >= 11 is 1.58. The lowest BCUT2D eigenvalue weighted by Gasteiger charge is -2.06. The van der Waals surface area contributed by atoms with E-state index in [1.54, 1.807) is 36.0 Å². The van der Waals surface area contributed by atoms with E-state index < -0.39 is 0 Å². The van der Waals surface area contributed by atoms with Crippen LogP contribution in [0.15, 0.2) is 58.7 Å². The first-order valence-electron chi connectivity index (χ1n) is 7.07. The number of nitrogens with one attached hydrogen (secondary N) is 2. The summed E-state index contributed by atoms with van der Waals surface area (Å²) in [6.45, 7) is 0.814. The first-order valence-corrected chi connectivity index (χ1v) is 7.95. The summed E-state index contributed by atoms with van der Waals surface area (Å²) in [6, 6.07) is 9.70. The number of carbonyl (C=O) groups is 1. The van der Waals surface area contributed by atoms with Crippen molar-refractivity contribution in [2.24, 2.45) is 0 Å². The van der Waals surface area contributed by atoms with Gasteiger partial charge in [0.25, 0.3) is 0 Å². The number of benzene rings is 1. The van der Waals surface area contributed by atoms with Crippen molar-refractivity contribution in [3.05, 3.63) is 70.6 Å². The summed E-state index contributed by atoms with van der Waals surface area (Å²) in [4.78, 5) is 12.8.